The van der Waals surface area contributed by atoms with E-state index >= 15 is 0 Å². The highest BCUT2D eigenvalue weighted by Crippen LogP contribution is 2.64. The molecule has 0 bridgehead atoms. The second kappa shape index (κ2) is 5.91. The summed E-state index contributed by atoms with van der Waals surface area (Å²) in [6.45, 7) is 4.74. The lowest BCUT2D eigenvalue weighted by atomic mass is 9.54. The summed E-state index contributed by atoms with van der Waals surface area (Å²) < 4.78 is 0. The molecule has 2 fully saturated rings. The zero-order valence-corrected chi connectivity index (χ0v) is 15.0. The summed E-state index contributed by atoms with van der Waals surface area (Å²) in [7, 11) is 0. The Bertz CT molecular complexity index is 662. The van der Waals surface area contributed by atoms with E-state index in [2.05, 4.69) is 26.0 Å². The molecule has 130 valence electrons. The molecule has 2 N–H and O–H groups in total. The first-order chi connectivity index (χ1) is 11.5. The molecule has 3 aliphatic rings. The lowest BCUT2D eigenvalue weighted by Crippen LogP contribution is -2.41. The highest BCUT2D eigenvalue weighted by molar-refractivity contribution is 5.42. The van der Waals surface area contributed by atoms with Crippen molar-refractivity contribution in [3.05, 3.63) is 41.0 Å². The topological polar surface area (TPSA) is 40.5 Å². The molecule has 1 aromatic carbocycles. The second-order valence-corrected chi connectivity index (χ2v) is 8.45. The number of hydrogen-bond acceptors (Lipinski definition) is 2. The maximum absolute atomic E-state index is 10.7. The summed E-state index contributed by atoms with van der Waals surface area (Å²) in [6.07, 6.45) is 10.4. The largest absolute Gasteiger partial charge is 0.508 e. The van der Waals surface area contributed by atoms with Crippen molar-refractivity contribution in [1.29, 1.82) is 0 Å². The van der Waals surface area contributed by atoms with Crippen molar-refractivity contribution in [2.75, 3.05) is 0 Å². The fraction of sp³-hybridized carbons (Fsp3) is 0.636. The van der Waals surface area contributed by atoms with E-state index in [1.807, 2.05) is 0 Å². The summed E-state index contributed by atoms with van der Waals surface area (Å²) in [5.74, 6) is 2.13. The van der Waals surface area contributed by atoms with Crippen LogP contribution in [0.5, 0.6) is 5.75 Å². The third kappa shape index (κ3) is 2.34. The summed E-state index contributed by atoms with van der Waals surface area (Å²) in [4.78, 5) is 0. The Morgan fingerprint density at radius 3 is 2.88 bits per heavy atom. The summed E-state index contributed by atoms with van der Waals surface area (Å²) >= 11 is 0. The molecule has 2 heteroatoms. The monoisotopic (exact) mass is 326 g/mol. The molecule has 3 aliphatic carbocycles. The molecule has 24 heavy (non-hydrogen) atoms. The lowest BCUT2D eigenvalue weighted by Gasteiger charge is -2.50. The molecule has 5 atom stereocenters. The molecule has 3 unspecified atom stereocenters. The van der Waals surface area contributed by atoms with Crippen molar-refractivity contribution in [3.63, 3.8) is 0 Å². The fourth-order valence-electron chi connectivity index (χ4n) is 6.08. The van der Waals surface area contributed by atoms with Crippen LogP contribution in [0.2, 0.25) is 0 Å². The number of aliphatic hydroxyl groups excluding tert-OH is 1. The van der Waals surface area contributed by atoms with E-state index in [1.54, 1.807) is 17.7 Å². The van der Waals surface area contributed by atoms with Crippen LogP contribution in [0.15, 0.2) is 29.8 Å². The van der Waals surface area contributed by atoms with Crippen LogP contribution >= 0.6 is 0 Å². The summed E-state index contributed by atoms with van der Waals surface area (Å²) in [5, 5.41) is 20.5. The Morgan fingerprint density at radius 1 is 1.25 bits per heavy atom. The van der Waals surface area contributed by atoms with E-state index in [0.29, 0.717) is 23.2 Å². The Kier molecular flexibility index (Phi) is 3.99. The van der Waals surface area contributed by atoms with Crippen LogP contribution in [-0.4, -0.2) is 10.2 Å². The molecule has 0 amide bonds. The van der Waals surface area contributed by atoms with Gasteiger partial charge in [-0.1, -0.05) is 38.0 Å². The van der Waals surface area contributed by atoms with E-state index in [0.717, 1.165) is 12.0 Å². The summed E-state index contributed by atoms with van der Waals surface area (Å²) in [5.41, 5.74) is 4.31. The Labute approximate surface area is 145 Å². The van der Waals surface area contributed by atoms with Gasteiger partial charge in [0.1, 0.15) is 5.75 Å². The number of phenols is 1. The molecule has 0 spiro atoms. The predicted octanol–water partition coefficient (Wildman–Crippen LogP) is 5.47. The molecule has 0 aromatic heterocycles. The molecule has 0 heterocycles. The van der Waals surface area contributed by atoms with Crippen LogP contribution in [-0.2, 0) is 0 Å². The van der Waals surface area contributed by atoms with Crippen molar-refractivity contribution in [3.8, 4) is 5.75 Å². The standard InChI is InChI=1S/C22H30O2/c1-3-4-5-14-6-9-20-18-13-21(24)19-12-15(23)7-8-16(19)17(18)10-11-22(14,20)2/h5,7-8,12,17-18,20-21,23-24H,3-4,6,9-11,13H2,1-2H3/t17?,18?,20?,21-,22-/m1/s1. The van der Waals surface area contributed by atoms with Gasteiger partial charge in [-0.05, 0) is 85.0 Å². The van der Waals surface area contributed by atoms with Gasteiger partial charge in [0, 0.05) is 0 Å². The lowest BCUT2D eigenvalue weighted by molar-refractivity contribution is 0.0304. The molecule has 0 aliphatic heterocycles. The molecular formula is C22H30O2. The number of phenolic OH excluding ortho intramolecular Hbond substituents is 1. The molecular weight excluding hydrogens is 296 g/mol. The van der Waals surface area contributed by atoms with E-state index in [4.69, 9.17) is 0 Å². The molecule has 0 radical (unpaired) electrons. The van der Waals surface area contributed by atoms with Gasteiger partial charge in [0.25, 0.3) is 0 Å². The van der Waals surface area contributed by atoms with Gasteiger partial charge < -0.3 is 10.2 Å². The predicted molar refractivity (Wildman–Crippen MR) is 97.0 cm³/mol. The van der Waals surface area contributed by atoms with Crippen LogP contribution in [0.4, 0.5) is 0 Å². The Morgan fingerprint density at radius 2 is 2.08 bits per heavy atom. The summed E-state index contributed by atoms with van der Waals surface area (Å²) in [6, 6.07) is 5.64. The van der Waals surface area contributed by atoms with Gasteiger partial charge in [0.2, 0.25) is 0 Å². The first-order valence-electron chi connectivity index (χ1n) is 9.75. The van der Waals surface area contributed by atoms with E-state index in [9.17, 15) is 10.2 Å². The van der Waals surface area contributed by atoms with Gasteiger partial charge >= 0.3 is 0 Å². The minimum Gasteiger partial charge on any atom is -0.508 e. The quantitative estimate of drug-likeness (QED) is 0.708. The van der Waals surface area contributed by atoms with Crippen LogP contribution in [0.25, 0.3) is 0 Å². The number of rotatable bonds is 2. The first-order valence-corrected chi connectivity index (χ1v) is 9.75. The minimum absolute atomic E-state index is 0.276. The Balaban J connectivity index is 1.68. The van der Waals surface area contributed by atoms with Crippen LogP contribution < -0.4 is 0 Å². The molecule has 0 saturated heterocycles. The molecule has 1 aromatic rings. The van der Waals surface area contributed by atoms with E-state index in [1.165, 1.54) is 44.1 Å². The zero-order valence-electron chi connectivity index (χ0n) is 15.0. The average Bonchev–Trinajstić information content (AvgIpc) is 2.90. The number of allylic oxidation sites excluding steroid dienone is 2. The number of aromatic hydroxyl groups is 1. The van der Waals surface area contributed by atoms with Crippen LogP contribution in [0, 0.1) is 17.3 Å². The average molecular weight is 326 g/mol. The molecule has 2 saturated carbocycles. The fourth-order valence-corrected chi connectivity index (χ4v) is 6.08. The number of unbranched alkanes of at least 4 members (excludes halogenated alkanes) is 1. The van der Waals surface area contributed by atoms with Crippen molar-refractivity contribution in [2.24, 2.45) is 17.3 Å². The van der Waals surface area contributed by atoms with Crippen molar-refractivity contribution < 1.29 is 10.2 Å². The van der Waals surface area contributed by atoms with Gasteiger partial charge in [-0.25, -0.2) is 0 Å². The van der Waals surface area contributed by atoms with Crippen molar-refractivity contribution >= 4 is 0 Å². The molecule has 2 nitrogen and oxygen atoms in total. The highest BCUT2D eigenvalue weighted by atomic mass is 16.3. The molecule has 4 rings (SSSR count). The van der Waals surface area contributed by atoms with Crippen molar-refractivity contribution in [2.45, 2.75) is 70.8 Å². The van der Waals surface area contributed by atoms with E-state index in [-0.39, 0.29) is 5.75 Å². The number of aliphatic hydroxyl groups is 1. The number of hydrogen-bond donors (Lipinski definition) is 2. The first kappa shape index (κ1) is 16.2. The van der Waals surface area contributed by atoms with Crippen molar-refractivity contribution in [1.82, 2.24) is 0 Å². The Hall–Kier alpha value is -1.28. The van der Waals surface area contributed by atoms with Gasteiger partial charge in [0.15, 0.2) is 0 Å². The van der Waals surface area contributed by atoms with Gasteiger partial charge in [-0.2, -0.15) is 0 Å². The van der Waals surface area contributed by atoms with Gasteiger partial charge in [-0.3, -0.25) is 0 Å². The SMILES string of the molecule is CCCC=C1CCC2C3C[C@@H](O)c4cc(O)ccc4C3CC[C@]12C. The third-order valence-corrected chi connectivity index (χ3v) is 7.29. The highest BCUT2D eigenvalue weighted by Gasteiger charge is 2.53. The van der Waals surface area contributed by atoms with Crippen LogP contribution in [0.1, 0.15) is 81.9 Å². The number of benzene rings is 1. The van der Waals surface area contributed by atoms with Crippen LogP contribution in [0.3, 0.4) is 0 Å². The van der Waals surface area contributed by atoms with Gasteiger partial charge in [-0.15, -0.1) is 0 Å². The van der Waals surface area contributed by atoms with Gasteiger partial charge in [0.05, 0.1) is 6.10 Å². The second-order valence-electron chi connectivity index (χ2n) is 8.45. The smallest absolute Gasteiger partial charge is 0.115 e. The zero-order chi connectivity index (χ0) is 16.9. The third-order valence-electron chi connectivity index (χ3n) is 7.29. The maximum Gasteiger partial charge on any atom is 0.115 e. The minimum atomic E-state index is -0.417. The normalized spacial score (nSPS) is 39.4. The maximum atomic E-state index is 10.7. The van der Waals surface area contributed by atoms with E-state index < -0.39 is 6.10 Å². The number of fused-ring (bicyclic) bond motifs is 5.